The zero-order valence-electron chi connectivity index (χ0n) is 20.3. The number of hydrogen-bond donors (Lipinski definition) is 0. The van der Waals surface area contributed by atoms with E-state index in [0.29, 0.717) is 5.95 Å². The van der Waals surface area contributed by atoms with Gasteiger partial charge in [0.25, 0.3) is 0 Å². The van der Waals surface area contributed by atoms with Crippen LogP contribution in [0.3, 0.4) is 0 Å². The number of aromatic nitrogens is 3. The second-order valence-corrected chi connectivity index (χ2v) is 14.3. The van der Waals surface area contributed by atoms with Gasteiger partial charge in [-0.2, -0.15) is 0 Å². The first kappa shape index (κ1) is 21.0. The Hall–Kier alpha value is -4.28. The molecule has 0 spiro atoms. The Bertz CT molecular complexity index is 1690. The van der Waals surface area contributed by atoms with Gasteiger partial charge in [-0.1, -0.05) is 104 Å². The fraction of sp³-hybridized carbons (Fsp3) is 0.0625. The van der Waals surface area contributed by atoms with Crippen molar-refractivity contribution in [1.29, 1.82) is 0 Å². The van der Waals surface area contributed by atoms with Gasteiger partial charge >= 0.3 is 0 Å². The van der Waals surface area contributed by atoms with E-state index in [1.165, 1.54) is 26.9 Å². The Balaban J connectivity index is 1.46. The minimum absolute atomic E-state index is 0.688. The molecule has 172 valence electrons. The molecule has 1 aliphatic heterocycles. The van der Waals surface area contributed by atoms with Gasteiger partial charge in [0, 0.05) is 17.3 Å². The Morgan fingerprint density at radius 2 is 1.19 bits per heavy atom. The number of nitrogens with zero attached hydrogens (tertiary/aromatic N) is 3. The van der Waals surface area contributed by atoms with Crippen molar-refractivity contribution >= 4 is 29.4 Å². The maximum atomic E-state index is 5.05. The lowest BCUT2D eigenvalue weighted by atomic mass is 10.0. The summed E-state index contributed by atoms with van der Waals surface area (Å²) >= 11 is 0. The molecule has 4 heteroatoms. The van der Waals surface area contributed by atoms with Gasteiger partial charge in [-0.3, -0.25) is 4.57 Å². The Labute approximate surface area is 211 Å². The third-order valence-corrected chi connectivity index (χ3v) is 11.0. The highest BCUT2D eigenvalue weighted by atomic mass is 28.3. The maximum absolute atomic E-state index is 5.05. The normalized spacial score (nSPS) is 13.5. The molecule has 0 aliphatic carbocycles. The second kappa shape index (κ2) is 7.87. The van der Waals surface area contributed by atoms with Crippen LogP contribution in [0.5, 0.6) is 0 Å². The summed E-state index contributed by atoms with van der Waals surface area (Å²) in [5, 5.41) is 4.27. The van der Waals surface area contributed by atoms with Crippen LogP contribution in [-0.2, 0) is 0 Å². The molecule has 0 unspecified atom stereocenters. The topological polar surface area (TPSA) is 30.7 Å². The lowest BCUT2D eigenvalue weighted by molar-refractivity contribution is 0.969. The average molecular weight is 480 g/mol. The molecule has 0 saturated heterocycles. The van der Waals surface area contributed by atoms with Crippen LogP contribution < -0.4 is 10.4 Å². The first-order chi connectivity index (χ1) is 17.6. The summed E-state index contributed by atoms with van der Waals surface area (Å²) in [5.74, 6) is 0.688. The largest absolute Gasteiger partial charge is 0.285 e. The minimum atomic E-state index is -1.72. The third-order valence-electron chi connectivity index (χ3n) is 7.46. The molecule has 2 aromatic heterocycles. The van der Waals surface area contributed by atoms with Crippen LogP contribution in [0.15, 0.2) is 115 Å². The lowest BCUT2D eigenvalue weighted by Gasteiger charge is -2.18. The van der Waals surface area contributed by atoms with Crippen molar-refractivity contribution in [3.8, 4) is 39.6 Å². The second-order valence-electron chi connectivity index (χ2n) is 9.98. The molecule has 0 fully saturated rings. The molecule has 6 aromatic rings. The predicted molar refractivity (Wildman–Crippen MR) is 152 cm³/mol. The Morgan fingerprint density at radius 1 is 0.583 bits per heavy atom. The average Bonchev–Trinajstić information content (AvgIpc) is 3.45. The van der Waals surface area contributed by atoms with Gasteiger partial charge in [0.05, 0.1) is 16.9 Å². The van der Waals surface area contributed by atoms with E-state index in [4.69, 9.17) is 9.97 Å². The molecule has 4 aromatic carbocycles. The molecule has 0 radical (unpaired) electrons. The molecule has 1 aliphatic rings. The summed E-state index contributed by atoms with van der Waals surface area (Å²) in [7, 11) is -1.72. The minimum Gasteiger partial charge on any atom is -0.285 e. The highest BCUT2D eigenvalue weighted by Crippen LogP contribution is 2.33. The summed E-state index contributed by atoms with van der Waals surface area (Å²) in [6, 6.07) is 38.7. The monoisotopic (exact) mass is 479 g/mol. The highest BCUT2D eigenvalue weighted by molar-refractivity contribution is 7.03. The molecule has 0 N–H and O–H groups in total. The molecule has 0 atom stereocenters. The van der Waals surface area contributed by atoms with Crippen LogP contribution in [0.4, 0.5) is 0 Å². The molecule has 0 saturated carbocycles. The SMILES string of the molecule is C[Si]1(C)c2ccccc2-c2cc3c(ccn3-c3nc(-c4ccccc4)cc(-c4ccccc4)n3)cc21. The molecule has 3 heterocycles. The van der Waals surface area contributed by atoms with Crippen LogP contribution in [0.2, 0.25) is 13.1 Å². The molecule has 7 rings (SSSR count). The third kappa shape index (κ3) is 3.19. The van der Waals surface area contributed by atoms with Gasteiger partial charge in [0.15, 0.2) is 0 Å². The van der Waals surface area contributed by atoms with Gasteiger partial charge in [-0.05, 0) is 45.1 Å². The molecule has 0 amide bonds. The van der Waals surface area contributed by atoms with Crippen LogP contribution in [0, 0.1) is 0 Å². The summed E-state index contributed by atoms with van der Waals surface area (Å²) in [6.45, 7) is 4.91. The van der Waals surface area contributed by atoms with Gasteiger partial charge < -0.3 is 0 Å². The van der Waals surface area contributed by atoms with Crippen molar-refractivity contribution in [2.75, 3.05) is 0 Å². The van der Waals surface area contributed by atoms with E-state index in [-0.39, 0.29) is 0 Å². The molecular formula is C32H25N3Si. The van der Waals surface area contributed by atoms with Crippen molar-refractivity contribution in [2.45, 2.75) is 13.1 Å². The zero-order chi connectivity index (χ0) is 24.3. The van der Waals surface area contributed by atoms with Gasteiger partial charge in [0.1, 0.15) is 8.07 Å². The first-order valence-corrected chi connectivity index (χ1v) is 15.4. The number of benzene rings is 4. The summed E-state index contributed by atoms with van der Waals surface area (Å²) < 4.78 is 2.14. The van der Waals surface area contributed by atoms with Gasteiger partial charge in [-0.15, -0.1) is 0 Å². The number of rotatable bonds is 3. The van der Waals surface area contributed by atoms with E-state index in [0.717, 1.165) is 28.0 Å². The van der Waals surface area contributed by atoms with Crippen molar-refractivity contribution in [2.24, 2.45) is 0 Å². The summed E-state index contributed by atoms with van der Waals surface area (Å²) in [4.78, 5) is 10.1. The lowest BCUT2D eigenvalue weighted by Crippen LogP contribution is -2.49. The van der Waals surface area contributed by atoms with Crippen molar-refractivity contribution in [3.63, 3.8) is 0 Å². The first-order valence-electron chi connectivity index (χ1n) is 12.4. The smallest absolute Gasteiger partial charge is 0.235 e. The molecule has 0 bridgehead atoms. The quantitative estimate of drug-likeness (QED) is 0.269. The van der Waals surface area contributed by atoms with Crippen LogP contribution >= 0.6 is 0 Å². The summed E-state index contributed by atoms with van der Waals surface area (Å²) in [5.41, 5.74) is 7.87. The molecule has 3 nitrogen and oxygen atoms in total. The Kier molecular flexibility index (Phi) is 4.60. The van der Waals surface area contributed by atoms with Crippen molar-refractivity contribution in [3.05, 3.63) is 115 Å². The fourth-order valence-electron chi connectivity index (χ4n) is 5.56. The van der Waals surface area contributed by atoms with Crippen LogP contribution in [0.25, 0.3) is 50.5 Å². The molecule has 36 heavy (non-hydrogen) atoms. The van der Waals surface area contributed by atoms with Gasteiger partial charge in [-0.25, -0.2) is 9.97 Å². The maximum Gasteiger partial charge on any atom is 0.235 e. The van der Waals surface area contributed by atoms with E-state index in [1.54, 1.807) is 0 Å². The number of fused-ring (bicyclic) bond motifs is 4. The standard InChI is InChI=1S/C32H25N3Si/c1-36(2)30-16-10-9-15-25(30)26-20-29-24(19-31(26)36)17-18-35(29)32-33-27(22-11-5-3-6-12-22)21-28(34-32)23-13-7-4-8-14-23/h3-21H,1-2H3. The van der Waals surface area contributed by atoms with Crippen molar-refractivity contribution in [1.82, 2.24) is 14.5 Å². The van der Waals surface area contributed by atoms with E-state index in [2.05, 4.69) is 121 Å². The van der Waals surface area contributed by atoms with E-state index in [1.807, 2.05) is 12.1 Å². The number of hydrogen-bond acceptors (Lipinski definition) is 2. The molecular weight excluding hydrogens is 454 g/mol. The van der Waals surface area contributed by atoms with E-state index < -0.39 is 8.07 Å². The fourth-order valence-corrected chi connectivity index (χ4v) is 8.65. The predicted octanol–water partition coefficient (Wildman–Crippen LogP) is 6.56. The van der Waals surface area contributed by atoms with Gasteiger partial charge in [0.2, 0.25) is 5.95 Å². The van der Waals surface area contributed by atoms with Crippen LogP contribution in [-0.4, -0.2) is 22.6 Å². The Morgan fingerprint density at radius 3 is 1.86 bits per heavy atom. The van der Waals surface area contributed by atoms with Crippen LogP contribution in [0.1, 0.15) is 0 Å². The van der Waals surface area contributed by atoms with Crippen molar-refractivity contribution < 1.29 is 0 Å². The van der Waals surface area contributed by atoms with E-state index in [9.17, 15) is 0 Å². The highest BCUT2D eigenvalue weighted by Gasteiger charge is 2.37. The zero-order valence-corrected chi connectivity index (χ0v) is 21.3. The summed E-state index contributed by atoms with van der Waals surface area (Å²) in [6.07, 6.45) is 2.11. The van der Waals surface area contributed by atoms with E-state index >= 15 is 0 Å².